The van der Waals surface area contributed by atoms with E-state index >= 15 is 0 Å². The second-order valence-electron chi connectivity index (χ2n) is 8.76. The summed E-state index contributed by atoms with van der Waals surface area (Å²) in [6.07, 6.45) is 6.35. The second-order valence-corrected chi connectivity index (χ2v) is 8.76. The van der Waals surface area contributed by atoms with Gasteiger partial charge in [0.2, 0.25) is 0 Å². The zero-order valence-electron chi connectivity index (χ0n) is 15.4. The van der Waals surface area contributed by atoms with Crippen LogP contribution in [0.3, 0.4) is 0 Å². The van der Waals surface area contributed by atoms with Crippen molar-refractivity contribution < 1.29 is 19.7 Å². The first-order valence-electron chi connectivity index (χ1n) is 9.59. The van der Waals surface area contributed by atoms with Gasteiger partial charge in [0.05, 0.1) is 6.42 Å². The minimum absolute atomic E-state index is 0.0311. The Morgan fingerprint density at radius 2 is 1.52 bits per heavy atom. The van der Waals surface area contributed by atoms with Crippen molar-refractivity contribution in [1.29, 1.82) is 0 Å². The SMILES string of the molecule is Cc1c(C)c(O)n(CCC(=O)OC2(C)C3CC4CC(C3)CC2C4)c1O. The standard InChI is InChI=1S/C20H29NO4/c1-11-12(2)19(24)21(18(11)23)5-4-17(22)25-20(3)15-7-13-6-14(9-15)10-16(20)8-13/h13-16,23-24H,4-10H2,1-3H3. The lowest BCUT2D eigenvalue weighted by molar-refractivity contribution is -0.203. The maximum absolute atomic E-state index is 12.5. The quantitative estimate of drug-likeness (QED) is 0.815. The molecule has 4 bridgehead atoms. The van der Waals surface area contributed by atoms with Gasteiger partial charge < -0.3 is 14.9 Å². The number of ether oxygens (including phenoxy) is 1. The number of rotatable bonds is 4. The van der Waals surface area contributed by atoms with E-state index in [-0.39, 0.29) is 36.3 Å². The Labute approximate surface area is 149 Å². The molecular formula is C20H29NO4. The molecule has 2 N–H and O–H groups in total. The summed E-state index contributed by atoms with van der Waals surface area (Å²) in [7, 11) is 0. The van der Waals surface area contributed by atoms with Crippen molar-refractivity contribution in [1.82, 2.24) is 4.57 Å². The van der Waals surface area contributed by atoms with Crippen molar-refractivity contribution >= 4 is 5.97 Å². The van der Waals surface area contributed by atoms with Gasteiger partial charge in [0.1, 0.15) is 5.60 Å². The highest BCUT2D eigenvalue weighted by Crippen LogP contribution is 2.59. The van der Waals surface area contributed by atoms with Crippen LogP contribution in [0.25, 0.3) is 0 Å². The maximum Gasteiger partial charge on any atom is 0.308 e. The topological polar surface area (TPSA) is 71.7 Å². The van der Waals surface area contributed by atoms with E-state index in [1.807, 2.05) is 0 Å². The lowest BCUT2D eigenvalue weighted by atomic mass is 9.50. The molecule has 0 aliphatic heterocycles. The van der Waals surface area contributed by atoms with E-state index in [4.69, 9.17) is 4.74 Å². The molecule has 5 rings (SSSR count). The number of carbonyl (C=O) groups excluding carboxylic acids is 1. The Bertz CT molecular complexity index is 652. The molecule has 4 aliphatic rings. The summed E-state index contributed by atoms with van der Waals surface area (Å²) >= 11 is 0. The van der Waals surface area contributed by atoms with Gasteiger partial charge in [-0.1, -0.05) is 0 Å². The maximum atomic E-state index is 12.5. The first-order valence-corrected chi connectivity index (χ1v) is 9.59. The van der Waals surface area contributed by atoms with Crippen LogP contribution in [0.1, 0.15) is 56.6 Å². The van der Waals surface area contributed by atoms with Gasteiger partial charge in [0, 0.05) is 17.7 Å². The van der Waals surface area contributed by atoms with Gasteiger partial charge >= 0.3 is 5.97 Å². The summed E-state index contributed by atoms with van der Waals surface area (Å²) in [4.78, 5) is 12.5. The van der Waals surface area contributed by atoms with Gasteiger partial charge in [-0.3, -0.25) is 9.36 Å². The van der Waals surface area contributed by atoms with Crippen LogP contribution in [0.5, 0.6) is 11.8 Å². The largest absolute Gasteiger partial charge is 0.494 e. The highest BCUT2D eigenvalue weighted by atomic mass is 16.6. The van der Waals surface area contributed by atoms with Gasteiger partial charge in [-0.25, -0.2) is 0 Å². The van der Waals surface area contributed by atoms with Crippen molar-refractivity contribution in [2.45, 2.75) is 71.4 Å². The zero-order valence-corrected chi connectivity index (χ0v) is 15.4. The highest BCUT2D eigenvalue weighted by Gasteiger charge is 2.56. The molecule has 0 radical (unpaired) electrons. The molecule has 1 aromatic rings. The van der Waals surface area contributed by atoms with Crippen LogP contribution in [0.4, 0.5) is 0 Å². The van der Waals surface area contributed by atoms with E-state index in [0.717, 1.165) is 11.8 Å². The Hall–Kier alpha value is -1.65. The predicted octanol–water partition coefficient (Wildman–Crippen LogP) is 3.66. The monoisotopic (exact) mass is 347 g/mol. The Morgan fingerprint density at radius 3 is 2.00 bits per heavy atom. The van der Waals surface area contributed by atoms with Crippen molar-refractivity contribution in [3.8, 4) is 11.8 Å². The molecule has 1 heterocycles. The number of esters is 1. The van der Waals surface area contributed by atoms with E-state index in [0.29, 0.717) is 23.0 Å². The molecule has 4 saturated carbocycles. The van der Waals surface area contributed by atoms with Crippen LogP contribution >= 0.6 is 0 Å². The van der Waals surface area contributed by atoms with Crippen LogP contribution < -0.4 is 0 Å². The molecule has 25 heavy (non-hydrogen) atoms. The molecule has 5 heteroatoms. The van der Waals surface area contributed by atoms with Gasteiger partial charge in [0.15, 0.2) is 11.8 Å². The molecule has 4 aliphatic carbocycles. The molecule has 0 spiro atoms. The summed E-state index contributed by atoms with van der Waals surface area (Å²) in [6, 6.07) is 0. The molecule has 0 atom stereocenters. The van der Waals surface area contributed by atoms with Crippen LogP contribution in [-0.4, -0.2) is 26.4 Å². The van der Waals surface area contributed by atoms with Crippen LogP contribution in [0.2, 0.25) is 0 Å². The smallest absolute Gasteiger partial charge is 0.308 e. The third kappa shape index (κ3) is 2.54. The fraction of sp³-hybridized carbons (Fsp3) is 0.750. The minimum Gasteiger partial charge on any atom is -0.494 e. The fourth-order valence-electron chi connectivity index (χ4n) is 5.84. The molecule has 5 nitrogen and oxygen atoms in total. The molecule has 0 aromatic carbocycles. The average molecular weight is 347 g/mol. The number of hydrogen-bond donors (Lipinski definition) is 2. The molecule has 4 fully saturated rings. The average Bonchev–Trinajstić information content (AvgIpc) is 2.74. The molecule has 138 valence electrons. The van der Waals surface area contributed by atoms with E-state index < -0.39 is 0 Å². The van der Waals surface area contributed by atoms with Crippen LogP contribution in [0.15, 0.2) is 0 Å². The van der Waals surface area contributed by atoms with Crippen molar-refractivity contribution in [3.05, 3.63) is 11.1 Å². The van der Waals surface area contributed by atoms with Gasteiger partial charge in [-0.05, 0) is 76.5 Å². The third-order valence-electron chi connectivity index (χ3n) is 7.38. The third-order valence-corrected chi connectivity index (χ3v) is 7.38. The lowest BCUT2D eigenvalue weighted by Crippen LogP contribution is -2.58. The van der Waals surface area contributed by atoms with E-state index in [9.17, 15) is 15.0 Å². The molecule has 0 saturated heterocycles. The lowest BCUT2D eigenvalue weighted by Gasteiger charge is -2.59. The van der Waals surface area contributed by atoms with Crippen molar-refractivity contribution in [3.63, 3.8) is 0 Å². The predicted molar refractivity (Wildman–Crippen MR) is 93.4 cm³/mol. The summed E-state index contributed by atoms with van der Waals surface area (Å²) in [5.74, 6) is 2.53. The van der Waals surface area contributed by atoms with Gasteiger partial charge in [-0.2, -0.15) is 0 Å². The number of hydrogen-bond acceptors (Lipinski definition) is 4. The first kappa shape index (κ1) is 16.8. The molecule has 1 aromatic heterocycles. The van der Waals surface area contributed by atoms with Crippen molar-refractivity contribution in [2.75, 3.05) is 0 Å². The Kier molecular flexibility index (Phi) is 3.82. The zero-order chi connectivity index (χ0) is 17.9. The number of aromatic nitrogens is 1. The molecule has 0 unspecified atom stereocenters. The summed E-state index contributed by atoms with van der Waals surface area (Å²) in [5.41, 5.74) is 0.981. The van der Waals surface area contributed by atoms with Crippen LogP contribution in [0, 0.1) is 37.5 Å². The fourth-order valence-corrected chi connectivity index (χ4v) is 5.84. The summed E-state index contributed by atoms with van der Waals surface area (Å²) in [6.45, 7) is 5.89. The molecular weight excluding hydrogens is 318 g/mol. The number of nitrogens with zero attached hydrogens (tertiary/aromatic N) is 1. The summed E-state index contributed by atoms with van der Waals surface area (Å²) < 4.78 is 7.43. The number of carbonyl (C=O) groups is 1. The van der Waals surface area contributed by atoms with Crippen molar-refractivity contribution in [2.24, 2.45) is 23.7 Å². The van der Waals surface area contributed by atoms with Gasteiger partial charge in [0.25, 0.3) is 0 Å². The minimum atomic E-state index is -0.322. The first-order chi connectivity index (χ1) is 11.8. The summed E-state index contributed by atoms with van der Waals surface area (Å²) in [5, 5.41) is 20.2. The Balaban J connectivity index is 1.42. The van der Waals surface area contributed by atoms with E-state index in [1.54, 1.807) is 13.8 Å². The van der Waals surface area contributed by atoms with Gasteiger partial charge in [-0.15, -0.1) is 0 Å². The van der Waals surface area contributed by atoms with E-state index in [2.05, 4.69) is 6.92 Å². The Morgan fingerprint density at radius 1 is 1.04 bits per heavy atom. The number of aromatic hydroxyl groups is 2. The van der Waals surface area contributed by atoms with Crippen LogP contribution in [-0.2, 0) is 16.1 Å². The normalized spacial score (nSPS) is 36.0. The molecule has 0 amide bonds. The second kappa shape index (κ2) is 5.68. The van der Waals surface area contributed by atoms with E-state index in [1.165, 1.54) is 36.7 Å². The highest BCUT2D eigenvalue weighted by molar-refractivity contribution is 5.70.